The number of nitrogens with zero attached hydrogens (tertiary/aromatic N) is 1. The van der Waals surface area contributed by atoms with Gasteiger partial charge in [0, 0.05) is 17.2 Å². The van der Waals surface area contributed by atoms with E-state index in [2.05, 4.69) is 53.6 Å². The Labute approximate surface area is 240 Å². The van der Waals surface area contributed by atoms with Crippen LogP contribution in [0.3, 0.4) is 0 Å². The van der Waals surface area contributed by atoms with Gasteiger partial charge < -0.3 is 4.74 Å². The summed E-state index contributed by atoms with van der Waals surface area (Å²) in [5, 5.41) is 0. The van der Waals surface area contributed by atoms with Gasteiger partial charge >= 0.3 is 27.9 Å². The van der Waals surface area contributed by atoms with Crippen molar-refractivity contribution in [3.05, 3.63) is 95.3 Å². The zero-order chi connectivity index (χ0) is 27.8. The molecule has 8 heteroatoms. The van der Waals surface area contributed by atoms with Gasteiger partial charge in [0.2, 0.25) is 0 Å². The van der Waals surface area contributed by atoms with Crippen molar-refractivity contribution in [3.63, 3.8) is 0 Å². The van der Waals surface area contributed by atoms with Crippen molar-refractivity contribution in [1.82, 2.24) is 15.8 Å². The molecule has 1 unspecified atom stereocenters. The quantitative estimate of drug-likeness (QED) is 0.186. The number of carbonyl (C=O) groups is 2. The Bertz CT molecular complexity index is 1080. The number of benzene rings is 2. The first kappa shape index (κ1) is 32.5. The topological polar surface area (TPSA) is 80.3 Å². The summed E-state index contributed by atoms with van der Waals surface area (Å²) < 4.78 is 5.87. The maximum atomic E-state index is 12.2. The van der Waals surface area contributed by atoms with Gasteiger partial charge in [-0.25, -0.2) is 0 Å². The van der Waals surface area contributed by atoms with Crippen molar-refractivity contribution in [2.24, 2.45) is 5.92 Å². The Morgan fingerprint density at radius 2 is 1.51 bits per heavy atom. The minimum atomic E-state index is -0.471. The first-order valence-electron chi connectivity index (χ1n) is 12.2. The van der Waals surface area contributed by atoms with Crippen LogP contribution < -0.4 is 15.6 Å². The zero-order valence-corrected chi connectivity index (χ0v) is 25.7. The van der Waals surface area contributed by atoms with Crippen molar-refractivity contribution in [1.29, 1.82) is 0 Å². The van der Waals surface area contributed by atoms with Crippen LogP contribution in [-0.2, 0) is 16.8 Å². The maximum absolute atomic E-state index is 12.2. The van der Waals surface area contributed by atoms with Gasteiger partial charge in [0.15, 0.2) is 0 Å². The van der Waals surface area contributed by atoms with Gasteiger partial charge in [0.05, 0.1) is 5.69 Å². The van der Waals surface area contributed by atoms with Crippen LogP contribution in [0.25, 0.3) is 0 Å². The van der Waals surface area contributed by atoms with Gasteiger partial charge in [-0.1, -0.05) is 65.0 Å². The molecule has 3 aromatic rings. The van der Waals surface area contributed by atoms with Crippen molar-refractivity contribution >= 4 is 46.4 Å². The van der Waals surface area contributed by atoms with Crippen molar-refractivity contribution < 1.29 is 14.3 Å². The van der Waals surface area contributed by atoms with E-state index in [0.29, 0.717) is 18.1 Å². The second-order valence-corrected chi connectivity index (χ2v) is 8.47. The second kappa shape index (κ2) is 17.0. The molecule has 0 aliphatic rings. The summed E-state index contributed by atoms with van der Waals surface area (Å²) >= 11 is 7.17. The average molecular weight is 633 g/mol. The van der Waals surface area contributed by atoms with Gasteiger partial charge in [-0.2, -0.15) is 0 Å². The molecule has 0 aliphatic heterocycles. The van der Waals surface area contributed by atoms with E-state index in [0.717, 1.165) is 22.6 Å². The van der Waals surface area contributed by atoms with Gasteiger partial charge in [0.1, 0.15) is 18.2 Å². The number of alkyl halides is 1. The van der Waals surface area contributed by atoms with Crippen LogP contribution in [0.2, 0.25) is 4.87 Å². The molecule has 198 valence electrons. The zero-order valence-electron chi connectivity index (χ0n) is 22.4. The first-order chi connectivity index (χ1) is 17.8. The molecule has 0 fully saturated rings. The summed E-state index contributed by atoms with van der Waals surface area (Å²) in [6.07, 6.45) is 1.75. The number of nitrogens with one attached hydrogen (secondary N) is 2. The van der Waals surface area contributed by atoms with Crippen molar-refractivity contribution in [3.8, 4) is 5.75 Å². The summed E-state index contributed by atoms with van der Waals surface area (Å²) in [6, 6.07) is 21.3. The Hall–Kier alpha value is -2.56. The minimum absolute atomic E-state index is 0.223. The second-order valence-electron chi connectivity index (χ2n) is 8.20. The molecule has 2 aromatic carbocycles. The third-order valence-electron chi connectivity index (χ3n) is 5.91. The summed E-state index contributed by atoms with van der Waals surface area (Å²) in [7, 11) is 0. The van der Waals surface area contributed by atoms with E-state index >= 15 is 0 Å². The number of hydrazine groups is 1. The molecule has 0 bridgehead atoms. The van der Waals surface area contributed by atoms with E-state index in [1.807, 2.05) is 56.3 Å². The molecule has 0 saturated carbocycles. The molecule has 0 saturated heterocycles. The number of carbonyl (C=O) groups excluding carboxylic acids is 2. The molecular weight excluding hydrogens is 596 g/mol. The van der Waals surface area contributed by atoms with Crippen LogP contribution in [0, 0.1) is 5.92 Å². The van der Waals surface area contributed by atoms with E-state index in [1.165, 1.54) is 0 Å². The van der Waals surface area contributed by atoms with Crippen molar-refractivity contribution in [2.75, 3.05) is 5.88 Å². The van der Waals surface area contributed by atoms with Gasteiger partial charge in [-0.05, 0) is 53.4 Å². The van der Waals surface area contributed by atoms with E-state index in [-0.39, 0.29) is 11.3 Å². The third kappa shape index (κ3) is 9.35. The Morgan fingerprint density at radius 1 is 0.946 bits per heavy atom. The number of hydrogen-bond donors (Lipinski definition) is 2. The number of amides is 2. The van der Waals surface area contributed by atoms with Crippen LogP contribution in [0.15, 0.2) is 72.9 Å². The van der Waals surface area contributed by atoms with Crippen LogP contribution in [0.1, 0.15) is 61.8 Å². The summed E-state index contributed by atoms with van der Waals surface area (Å²) in [5.41, 5.74) is 7.88. The average Bonchev–Trinajstić information content (AvgIpc) is 2.97. The summed E-state index contributed by atoms with van der Waals surface area (Å²) in [6.45, 7) is 11.0. The van der Waals surface area contributed by atoms with Crippen LogP contribution in [0.4, 0.5) is 0 Å². The van der Waals surface area contributed by atoms with Crippen molar-refractivity contribution in [2.45, 2.75) is 51.5 Å². The molecule has 2 amide bonds. The van der Waals surface area contributed by atoms with Crippen LogP contribution in [-0.4, -0.2) is 45.7 Å². The molecular formula is C29H37ClN3O3Sb. The Morgan fingerprint density at radius 3 is 2.00 bits per heavy atom. The van der Waals surface area contributed by atoms with Crippen LogP contribution in [0.5, 0.6) is 5.75 Å². The third-order valence-corrected chi connectivity index (χ3v) is 6.15. The number of pyridine rings is 1. The molecule has 0 aliphatic carbocycles. The monoisotopic (exact) mass is 631 g/mol. The molecule has 37 heavy (non-hydrogen) atoms. The number of halogens is 1. The fourth-order valence-electron chi connectivity index (χ4n) is 3.57. The molecule has 2 radical (unpaired) electrons. The SMILES string of the molecule is CC.CC(C)C(C)(c1ccc(OCc2ccccn2)cc1)c1ccc(C(=O)NNC(=O)CCl)cc1.[CH3][Sb]. The molecule has 2 N–H and O–H groups in total. The molecule has 3 rings (SSSR count). The normalized spacial score (nSPS) is 11.6. The molecule has 1 heterocycles. The van der Waals surface area contributed by atoms with E-state index < -0.39 is 11.8 Å². The predicted molar refractivity (Wildman–Crippen MR) is 152 cm³/mol. The molecule has 0 spiro atoms. The number of rotatable bonds is 8. The van der Waals surface area contributed by atoms with E-state index in [9.17, 15) is 9.59 Å². The Kier molecular flexibility index (Phi) is 15.0. The summed E-state index contributed by atoms with van der Waals surface area (Å²) in [5.74, 6) is -0.0250. The number of hydrogen-bond acceptors (Lipinski definition) is 4. The predicted octanol–water partition coefficient (Wildman–Crippen LogP) is 5.85. The molecule has 6 nitrogen and oxygen atoms in total. The van der Waals surface area contributed by atoms with Gasteiger partial charge in [-0.15, -0.1) is 11.6 Å². The number of aromatic nitrogens is 1. The standard InChI is InChI=1S/C26H28ClN3O3.C2H6.CH3.Sb/c1-18(2)26(3,20-9-7-19(8-10-20)25(32)30-29-24(31)16-27)21-11-13-23(14-12-21)33-17-22-6-4-5-15-28-22;1-2;;/h4-15,18H,16-17H2,1-3H3,(H,29,31)(H,30,32);1-2H3;1H3;. The molecule has 1 aromatic heterocycles. The summed E-state index contributed by atoms with van der Waals surface area (Å²) in [4.78, 5) is 29.8. The van der Waals surface area contributed by atoms with Crippen LogP contribution >= 0.6 is 11.6 Å². The fourth-order valence-corrected chi connectivity index (χ4v) is 3.64. The van der Waals surface area contributed by atoms with Gasteiger partial charge in [-0.3, -0.25) is 25.4 Å². The first-order valence-corrected chi connectivity index (χ1v) is 15.3. The molecule has 1 atom stereocenters. The number of ether oxygens (including phenoxy) is 1. The fraction of sp³-hybridized carbons (Fsp3) is 0.345. The van der Waals surface area contributed by atoms with E-state index in [4.69, 9.17) is 16.3 Å². The Balaban J connectivity index is 0.00000163. The van der Waals surface area contributed by atoms with E-state index in [1.54, 1.807) is 41.4 Å². The van der Waals surface area contributed by atoms with Gasteiger partial charge in [0.25, 0.3) is 11.8 Å².